The van der Waals surface area contributed by atoms with Crippen molar-refractivity contribution in [3.63, 3.8) is 0 Å². The first-order chi connectivity index (χ1) is 8.83. The van der Waals surface area contributed by atoms with Crippen LogP contribution in [0.1, 0.15) is 11.1 Å². The molecule has 0 bridgehead atoms. The first-order valence-electron chi connectivity index (χ1n) is 5.94. The van der Waals surface area contributed by atoms with E-state index in [2.05, 4.69) is 11.1 Å². The van der Waals surface area contributed by atoms with Crippen LogP contribution < -0.4 is 0 Å². The minimum Gasteiger partial charge on any atom is -0.507 e. The van der Waals surface area contributed by atoms with Gasteiger partial charge in [-0.25, -0.2) is 0 Å². The zero-order valence-electron chi connectivity index (χ0n) is 9.88. The molecule has 1 aliphatic heterocycles. The van der Waals surface area contributed by atoms with E-state index in [1.807, 2.05) is 48.6 Å². The van der Waals surface area contributed by atoms with Gasteiger partial charge >= 0.3 is 0 Å². The summed E-state index contributed by atoms with van der Waals surface area (Å²) in [7, 11) is 0. The number of allylic oxidation sites excluding steroid dienone is 1. The van der Waals surface area contributed by atoms with E-state index in [0.717, 1.165) is 23.4 Å². The number of phenols is 1. The van der Waals surface area contributed by atoms with E-state index in [0.29, 0.717) is 5.75 Å². The lowest BCUT2D eigenvalue weighted by Gasteiger charge is -1.97. The minimum absolute atomic E-state index is 0.296. The van der Waals surface area contributed by atoms with Crippen molar-refractivity contribution in [3.05, 3.63) is 65.7 Å². The Morgan fingerprint density at radius 3 is 2.56 bits per heavy atom. The number of phenolic OH excluding ortho intramolecular Hbond substituents is 1. The predicted molar refractivity (Wildman–Crippen MR) is 74.4 cm³/mol. The van der Waals surface area contributed by atoms with Crippen molar-refractivity contribution in [3.8, 4) is 5.75 Å². The largest absolute Gasteiger partial charge is 0.507 e. The third kappa shape index (κ3) is 2.05. The summed E-state index contributed by atoms with van der Waals surface area (Å²) in [5.74, 6) is 0.296. The van der Waals surface area contributed by atoms with E-state index in [1.54, 1.807) is 6.07 Å². The van der Waals surface area contributed by atoms with Gasteiger partial charge in [0.05, 0.1) is 5.69 Å². The molecule has 2 nitrogen and oxygen atoms in total. The highest BCUT2D eigenvalue weighted by Gasteiger charge is 2.10. The van der Waals surface area contributed by atoms with Crippen LogP contribution in [-0.4, -0.2) is 10.8 Å². The Balaban J connectivity index is 1.82. The first-order valence-corrected chi connectivity index (χ1v) is 5.94. The quantitative estimate of drug-likeness (QED) is 0.845. The highest BCUT2D eigenvalue weighted by molar-refractivity contribution is 6.04. The van der Waals surface area contributed by atoms with E-state index in [4.69, 9.17) is 0 Å². The number of aromatic hydroxyl groups is 1. The Hall–Kier alpha value is -2.35. The van der Waals surface area contributed by atoms with Gasteiger partial charge in [0.2, 0.25) is 0 Å². The maximum Gasteiger partial charge on any atom is 0.122 e. The topological polar surface area (TPSA) is 32.6 Å². The zero-order chi connectivity index (χ0) is 12.4. The third-order valence-electron chi connectivity index (χ3n) is 3.02. The summed E-state index contributed by atoms with van der Waals surface area (Å²) in [5.41, 5.74) is 4.15. The standard InChI is InChI=1S/C16H13NO/c18-16-8-4-2-5-12(16)9-10-14-11-13-6-1-3-7-15(13)17-14/h1-10,18H,11H2. The van der Waals surface area contributed by atoms with Crippen LogP contribution in [0.3, 0.4) is 0 Å². The fourth-order valence-electron chi connectivity index (χ4n) is 2.07. The third-order valence-corrected chi connectivity index (χ3v) is 3.02. The Bertz CT molecular complexity index is 641. The molecule has 2 aromatic rings. The molecular formula is C16H13NO. The van der Waals surface area contributed by atoms with E-state index in [-0.39, 0.29) is 0 Å². The Labute approximate surface area is 106 Å². The average Bonchev–Trinajstić information content (AvgIpc) is 2.80. The van der Waals surface area contributed by atoms with Crippen LogP contribution in [0.4, 0.5) is 5.69 Å². The lowest BCUT2D eigenvalue weighted by Crippen LogP contribution is -1.91. The van der Waals surface area contributed by atoms with Crippen molar-refractivity contribution in [2.45, 2.75) is 6.42 Å². The molecule has 0 radical (unpaired) electrons. The van der Waals surface area contributed by atoms with E-state index >= 15 is 0 Å². The van der Waals surface area contributed by atoms with Crippen LogP contribution in [-0.2, 0) is 6.42 Å². The van der Waals surface area contributed by atoms with Gasteiger partial charge in [-0.2, -0.15) is 0 Å². The monoisotopic (exact) mass is 235 g/mol. The maximum atomic E-state index is 9.67. The maximum absolute atomic E-state index is 9.67. The molecule has 88 valence electrons. The molecule has 0 aliphatic carbocycles. The van der Waals surface area contributed by atoms with Gasteiger partial charge < -0.3 is 5.11 Å². The molecule has 1 N–H and O–H groups in total. The Morgan fingerprint density at radius 2 is 1.72 bits per heavy atom. The molecule has 0 atom stereocenters. The summed E-state index contributed by atoms with van der Waals surface area (Å²) in [6.45, 7) is 0. The van der Waals surface area contributed by atoms with Crippen molar-refractivity contribution in [2.24, 2.45) is 4.99 Å². The molecule has 2 heteroatoms. The van der Waals surface area contributed by atoms with Crippen LogP contribution in [0, 0.1) is 0 Å². The second-order valence-corrected chi connectivity index (χ2v) is 4.30. The number of rotatable bonds is 2. The Kier molecular flexibility index (Phi) is 2.69. The molecule has 1 heterocycles. The number of aliphatic imine (C=N–C) groups is 1. The lowest BCUT2D eigenvalue weighted by atomic mass is 10.1. The summed E-state index contributed by atoms with van der Waals surface area (Å²) >= 11 is 0. The molecule has 0 saturated heterocycles. The van der Waals surface area contributed by atoms with Gasteiger partial charge in [0.15, 0.2) is 0 Å². The number of hydrogen-bond donors (Lipinski definition) is 1. The van der Waals surface area contributed by atoms with Crippen LogP contribution in [0.25, 0.3) is 6.08 Å². The molecule has 1 aliphatic rings. The smallest absolute Gasteiger partial charge is 0.122 e. The minimum atomic E-state index is 0.296. The molecular weight excluding hydrogens is 222 g/mol. The lowest BCUT2D eigenvalue weighted by molar-refractivity contribution is 0.474. The molecule has 3 rings (SSSR count). The van der Waals surface area contributed by atoms with Crippen LogP contribution in [0.5, 0.6) is 5.75 Å². The molecule has 0 aromatic heterocycles. The molecule has 0 spiro atoms. The normalized spacial score (nSPS) is 13.7. The van der Waals surface area contributed by atoms with Gasteiger partial charge in [-0.3, -0.25) is 4.99 Å². The van der Waals surface area contributed by atoms with Crippen LogP contribution in [0.15, 0.2) is 59.6 Å². The summed E-state index contributed by atoms with van der Waals surface area (Å²) in [4.78, 5) is 4.54. The van der Waals surface area contributed by atoms with E-state index in [9.17, 15) is 5.11 Å². The molecule has 18 heavy (non-hydrogen) atoms. The van der Waals surface area contributed by atoms with E-state index in [1.165, 1.54) is 5.56 Å². The average molecular weight is 235 g/mol. The summed E-state index contributed by atoms with van der Waals surface area (Å²) < 4.78 is 0. The van der Waals surface area contributed by atoms with Crippen molar-refractivity contribution in [2.75, 3.05) is 0 Å². The molecule has 0 saturated carbocycles. The van der Waals surface area contributed by atoms with Gasteiger partial charge in [-0.1, -0.05) is 36.4 Å². The van der Waals surface area contributed by atoms with Crippen molar-refractivity contribution >= 4 is 17.5 Å². The zero-order valence-corrected chi connectivity index (χ0v) is 9.88. The van der Waals surface area contributed by atoms with Crippen molar-refractivity contribution in [1.82, 2.24) is 0 Å². The number of nitrogens with zero attached hydrogens (tertiary/aromatic N) is 1. The summed E-state index contributed by atoms with van der Waals surface area (Å²) in [6, 6.07) is 15.4. The number of benzene rings is 2. The van der Waals surface area contributed by atoms with Gasteiger partial charge in [0.25, 0.3) is 0 Å². The SMILES string of the molecule is Oc1ccccc1C=CC1=Nc2ccccc2C1. The van der Waals surface area contributed by atoms with Crippen LogP contribution >= 0.6 is 0 Å². The second kappa shape index (κ2) is 4.49. The fraction of sp³-hybridized carbons (Fsp3) is 0.0625. The van der Waals surface area contributed by atoms with Crippen molar-refractivity contribution in [1.29, 1.82) is 0 Å². The fourth-order valence-corrected chi connectivity index (χ4v) is 2.07. The molecule has 2 aromatic carbocycles. The van der Waals surface area contributed by atoms with Crippen LogP contribution in [0.2, 0.25) is 0 Å². The molecule has 0 fully saturated rings. The van der Waals surface area contributed by atoms with Gasteiger partial charge in [-0.05, 0) is 29.8 Å². The Morgan fingerprint density at radius 1 is 0.944 bits per heavy atom. The first kappa shape index (κ1) is 10.8. The van der Waals surface area contributed by atoms with Gasteiger partial charge in [0.1, 0.15) is 5.75 Å². The van der Waals surface area contributed by atoms with E-state index < -0.39 is 0 Å². The molecule has 0 unspecified atom stereocenters. The molecule has 0 amide bonds. The highest BCUT2D eigenvalue weighted by Crippen LogP contribution is 2.26. The summed E-state index contributed by atoms with van der Waals surface area (Å²) in [6.07, 6.45) is 4.73. The number of para-hydroxylation sites is 2. The number of hydrogen-bond acceptors (Lipinski definition) is 2. The van der Waals surface area contributed by atoms with Crippen molar-refractivity contribution < 1.29 is 5.11 Å². The highest BCUT2D eigenvalue weighted by atomic mass is 16.3. The summed E-state index contributed by atoms with van der Waals surface area (Å²) in [5, 5.41) is 9.67. The number of fused-ring (bicyclic) bond motifs is 1. The second-order valence-electron chi connectivity index (χ2n) is 4.30. The van der Waals surface area contributed by atoms with Gasteiger partial charge in [-0.15, -0.1) is 0 Å². The van der Waals surface area contributed by atoms with Gasteiger partial charge in [0, 0.05) is 17.7 Å². The predicted octanol–water partition coefficient (Wildman–Crippen LogP) is 3.73.